The number of nitrogens with one attached hydrogen (secondary N) is 1. The molecule has 3 rings (SSSR count). The Hall–Kier alpha value is -2.69. The van der Waals surface area contributed by atoms with Crippen LogP contribution in [0.3, 0.4) is 0 Å². The molecule has 1 heterocycles. The van der Waals surface area contributed by atoms with Gasteiger partial charge in [0, 0.05) is 5.56 Å². The van der Waals surface area contributed by atoms with Crippen LogP contribution in [0.1, 0.15) is 15.9 Å². The van der Waals surface area contributed by atoms with Gasteiger partial charge in [-0.15, -0.1) is 0 Å². The summed E-state index contributed by atoms with van der Waals surface area (Å²) in [6, 6.07) is 10.2. The molecule has 0 atom stereocenters. The molecule has 0 saturated heterocycles. The summed E-state index contributed by atoms with van der Waals surface area (Å²) in [5.74, 6) is -1.63. The van der Waals surface area contributed by atoms with Gasteiger partial charge >= 0.3 is 5.76 Å². The molecular formula is C14H8FNO3. The van der Waals surface area contributed by atoms with Crippen molar-refractivity contribution in [2.24, 2.45) is 0 Å². The standard InChI is InChI=1S/C14H8FNO3/c15-10-4-2-1-3-9(10)13(17)8-5-6-11-12(7-8)19-14(18)16-11/h1-7H,(H,16,18). The third-order valence-electron chi connectivity index (χ3n) is 2.80. The van der Waals surface area contributed by atoms with E-state index in [1.54, 1.807) is 12.1 Å². The highest BCUT2D eigenvalue weighted by Crippen LogP contribution is 2.17. The highest BCUT2D eigenvalue weighted by molar-refractivity contribution is 6.10. The number of hydrogen-bond donors (Lipinski definition) is 1. The Labute approximate surface area is 106 Å². The maximum Gasteiger partial charge on any atom is 0.417 e. The average Bonchev–Trinajstić information content (AvgIpc) is 2.77. The van der Waals surface area contributed by atoms with Gasteiger partial charge in [-0.2, -0.15) is 0 Å². The Bertz CT molecular complexity index is 832. The number of carbonyl (C=O) groups excluding carboxylic acids is 1. The van der Waals surface area contributed by atoms with Gasteiger partial charge in [-0.1, -0.05) is 12.1 Å². The van der Waals surface area contributed by atoms with E-state index in [0.717, 1.165) is 0 Å². The van der Waals surface area contributed by atoms with Crippen molar-refractivity contribution >= 4 is 16.9 Å². The fourth-order valence-electron chi connectivity index (χ4n) is 1.89. The van der Waals surface area contributed by atoms with Crippen LogP contribution >= 0.6 is 0 Å². The van der Waals surface area contributed by atoms with E-state index in [0.29, 0.717) is 5.52 Å². The highest BCUT2D eigenvalue weighted by atomic mass is 19.1. The van der Waals surface area contributed by atoms with Crippen molar-refractivity contribution in [2.75, 3.05) is 0 Å². The molecular weight excluding hydrogens is 249 g/mol. The van der Waals surface area contributed by atoms with Crippen molar-refractivity contribution in [1.82, 2.24) is 4.98 Å². The van der Waals surface area contributed by atoms with Crippen LogP contribution in [0.25, 0.3) is 11.1 Å². The normalized spacial score (nSPS) is 10.8. The average molecular weight is 257 g/mol. The first kappa shape index (κ1) is 11.4. The lowest BCUT2D eigenvalue weighted by Crippen LogP contribution is -2.03. The van der Waals surface area contributed by atoms with Crippen LogP contribution in [0, 0.1) is 5.82 Å². The van der Waals surface area contributed by atoms with Crippen molar-refractivity contribution in [1.29, 1.82) is 0 Å². The minimum Gasteiger partial charge on any atom is -0.408 e. The van der Waals surface area contributed by atoms with E-state index < -0.39 is 17.4 Å². The molecule has 1 N–H and O–H groups in total. The number of oxazole rings is 1. The number of carbonyl (C=O) groups is 1. The third-order valence-corrected chi connectivity index (χ3v) is 2.80. The van der Waals surface area contributed by atoms with Gasteiger partial charge in [-0.05, 0) is 30.3 Å². The van der Waals surface area contributed by atoms with Gasteiger partial charge < -0.3 is 4.42 Å². The van der Waals surface area contributed by atoms with E-state index in [4.69, 9.17) is 4.42 Å². The van der Waals surface area contributed by atoms with Crippen LogP contribution in [-0.4, -0.2) is 10.8 Å². The van der Waals surface area contributed by atoms with Crippen LogP contribution in [0.5, 0.6) is 0 Å². The van der Waals surface area contributed by atoms with Gasteiger partial charge in [-0.3, -0.25) is 9.78 Å². The number of hydrogen-bond acceptors (Lipinski definition) is 3. The van der Waals surface area contributed by atoms with Crippen molar-refractivity contribution in [2.45, 2.75) is 0 Å². The molecule has 0 saturated carbocycles. The molecule has 94 valence electrons. The van der Waals surface area contributed by atoms with Crippen LogP contribution in [0.15, 0.2) is 51.7 Å². The number of halogens is 1. The Morgan fingerprint density at radius 1 is 1.16 bits per heavy atom. The lowest BCUT2D eigenvalue weighted by molar-refractivity contribution is 0.103. The summed E-state index contributed by atoms with van der Waals surface area (Å²) in [6.45, 7) is 0. The molecule has 0 aliphatic rings. The van der Waals surface area contributed by atoms with E-state index in [1.807, 2.05) is 0 Å². The molecule has 0 aliphatic heterocycles. The number of aromatic amines is 1. The molecule has 4 nitrogen and oxygen atoms in total. The van der Waals surface area contributed by atoms with E-state index in [1.165, 1.54) is 30.3 Å². The van der Waals surface area contributed by atoms with Gasteiger partial charge in [0.25, 0.3) is 0 Å². The van der Waals surface area contributed by atoms with Crippen LogP contribution in [-0.2, 0) is 0 Å². The Morgan fingerprint density at radius 2 is 1.95 bits per heavy atom. The SMILES string of the molecule is O=C(c1ccc2[nH]c(=O)oc2c1)c1ccccc1F. The van der Waals surface area contributed by atoms with Gasteiger partial charge in [0.15, 0.2) is 11.4 Å². The predicted molar refractivity (Wildman–Crippen MR) is 66.7 cm³/mol. The monoisotopic (exact) mass is 257 g/mol. The Morgan fingerprint density at radius 3 is 2.74 bits per heavy atom. The number of rotatable bonds is 2. The molecule has 3 aromatic rings. The lowest BCUT2D eigenvalue weighted by atomic mass is 10.0. The first-order valence-electron chi connectivity index (χ1n) is 5.57. The van der Waals surface area contributed by atoms with E-state index in [2.05, 4.69) is 4.98 Å². The van der Waals surface area contributed by atoms with Crippen LogP contribution in [0.2, 0.25) is 0 Å². The predicted octanol–water partition coefficient (Wildman–Crippen LogP) is 2.49. The molecule has 19 heavy (non-hydrogen) atoms. The first-order valence-corrected chi connectivity index (χ1v) is 5.57. The third kappa shape index (κ3) is 1.95. The maximum atomic E-state index is 13.5. The summed E-state index contributed by atoms with van der Waals surface area (Å²) in [7, 11) is 0. The van der Waals surface area contributed by atoms with Crippen LogP contribution in [0.4, 0.5) is 4.39 Å². The molecule has 2 aromatic carbocycles. The van der Waals surface area contributed by atoms with E-state index >= 15 is 0 Å². The minimum atomic E-state index is -0.592. The second-order valence-corrected chi connectivity index (χ2v) is 4.03. The van der Waals surface area contributed by atoms with Gasteiger partial charge in [0.1, 0.15) is 5.82 Å². The summed E-state index contributed by atoms with van der Waals surface area (Å²) in [6.07, 6.45) is 0. The zero-order valence-corrected chi connectivity index (χ0v) is 9.64. The first-order chi connectivity index (χ1) is 9.15. The molecule has 0 unspecified atom stereocenters. The maximum absolute atomic E-state index is 13.5. The number of ketones is 1. The summed E-state index contributed by atoms with van der Waals surface area (Å²) in [4.78, 5) is 25.6. The summed E-state index contributed by atoms with van der Waals surface area (Å²) in [5.41, 5.74) is 1.02. The lowest BCUT2D eigenvalue weighted by Gasteiger charge is -2.02. The van der Waals surface area contributed by atoms with Crippen LogP contribution < -0.4 is 5.76 Å². The highest BCUT2D eigenvalue weighted by Gasteiger charge is 2.14. The van der Waals surface area contributed by atoms with Gasteiger partial charge in [0.05, 0.1) is 11.1 Å². The largest absolute Gasteiger partial charge is 0.417 e. The number of fused-ring (bicyclic) bond motifs is 1. The smallest absolute Gasteiger partial charge is 0.408 e. The number of aromatic nitrogens is 1. The van der Waals surface area contributed by atoms with Crippen molar-refractivity contribution in [3.8, 4) is 0 Å². The molecule has 0 fully saturated rings. The molecule has 0 aliphatic carbocycles. The number of benzene rings is 2. The molecule has 0 amide bonds. The summed E-state index contributed by atoms with van der Waals surface area (Å²) < 4.78 is 18.4. The van der Waals surface area contributed by atoms with Gasteiger partial charge in [-0.25, -0.2) is 9.18 Å². The van der Waals surface area contributed by atoms with Crippen molar-refractivity contribution in [3.63, 3.8) is 0 Å². The molecule has 1 aromatic heterocycles. The molecule has 0 radical (unpaired) electrons. The van der Waals surface area contributed by atoms with Gasteiger partial charge in [0.2, 0.25) is 0 Å². The molecule has 5 heteroatoms. The van der Waals surface area contributed by atoms with Crippen molar-refractivity contribution < 1.29 is 13.6 Å². The minimum absolute atomic E-state index is 0.0141. The molecule has 0 spiro atoms. The zero-order chi connectivity index (χ0) is 13.4. The number of H-pyrrole nitrogens is 1. The van der Waals surface area contributed by atoms with Crippen molar-refractivity contribution in [3.05, 3.63) is 70.0 Å². The fraction of sp³-hybridized carbons (Fsp3) is 0. The van der Waals surface area contributed by atoms with E-state index in [9.17, 15) is 14.0 Å². The summed E-state index contributed by atoms with van der Waals surface area (Å²) >= 11 is 0. The quantitative estimate of drug-likeness (QED) is 0.717. The Balaban J connectivity index is 2.11. The molecule has 0 bridgehead atoms. The second kappa shape index (κ2) is 4.20. The topological polar surface area (TPSA) is 63.1 Å². The van der Waals surface area contributed by atoms with E-state index in [-0.39, 0.29) is 16.7 Å². The fourth-order valence-corrected chi connectivity index (χ4v) is 1.89. The zero-order valence-electron chi connectivity index (χ0n) is 9.64. The second-order valence-electron chi connectivity index (χ2n) is 4.03. The summed E-state index contributed by atoms with van der Waals surface area (Å²) in [5, 5.41) is 0. The Kier molecular flexibility index (Phi) is 2.52.